The molecule has 60 valence electrons. The van der Waals surface area contributed by atoms with E-state index in [-0.39, 0.29) is 6.42 Å². The molecule has 0 saturated heterocycles. The number of aliphatic carboxylic acids is 1. The predicted molar refractivity (Wildman–Crippen MR) is 53.0 cm³/mol. The van der Waals surface area contributed by atoms with Crippen LogP contribution in [0.1, 0.15) is 11.3 Å². The molecule has 0 aromatic carbocycles. The molecule has 0 aliphatic rings. The molecule has 0 aliphatic carbocycles. The van der Waals surface area contributed by atoms with Crippen LogP contribution in [0.5, 0.6) is 0 Å². The summed E-state index contributed by atoms with van der Waals surface area (Å²) in [6.07, 6.45) is 0.891. The van der Waals surface area contributed by atoms with E-state index < -0.39 is 5.97 Å². The van der Waals surface area contributed by atoms with Crippen molar-refractivity contribution in [3.8, 4) is 0 Å². The van der Waals surface area contributed by atoms with Crippen LogP contribution in [0, 0.1) is 3.57 Å². The summed E-state index contributed by atoms with van der Waals surface area (Å²) in [6.45, 7) is 0. The van der Waals surface area contributed by atoms with Crippen LogP contribution >= 0.6 is 33.9 Å². The Balaban J connectivity index is 2.51. The molecule has 0 aliphatic heterocycles. The van der Waals surface area contributed by atoms with Crippen molar-refractivity contribution in [3.63, 3.8) is 0 Å². The van der Waals surface area contributed by atoms with Gasteiger partial charge >= 0.3 is 5.97 Å². The Morgan fingerprint density at radius 1 is 1.73 bits per heavy atom. The van der Waals surface area contributed by atoms with E-state index in [0.29, 0.717) is 6.42 Å². The number of carboxylic acids is 1. The molecule has 4 heteroatoms. The third-order valence-electron chi connectivity index (χ3n) is 1.26. The van der Waals surface area contributed by atoms with Crippen molar-refractivity contribution in [2.45, 2.75) is 12.8 Å². The monoisotopic (exact) mass is 282 g/mol. The van der Waals surface area contributed by atoms with Gasteiger partial charge in [-0.3, -0.25) is 4.79 Å². The van der Waals surface area contributed by atoms with Gasteiger partial charge in [0.25, 0.3) is 0 Å². The van der Waals surface area contributed by atoms with Gasteiger partial charge in [-0.2, -0.15) is 0 Å². The van der Waals surface area contributed by atoms with Crippen LogP contribution in [0.15, 0.2) is 11.4 Å². The minimum Gasteiger partial charge on any atom is -0.481 e. The molecular weight excluding hydrogens is 275 g/mol. The van der Waals surface area contributed by atoms with Crippen LogP contribution in [-0.2, 0) is 11.2 Å². The number of hydrogen-bond acceptors (Lipinski definition) is 2. The van der Waals surface area contributed by atoms with Gasteiger partial charge in [-0.05, 0) is 40.5 Å². The summed E-state index contributed by atoms with van der Waals surface area (Å²) in [5.41, 5.74) is 0. The molecule has 0 bridgehead atoms. The van der Waals surface area contributed by atoms with Crippen molar-refractivity contribution in [2.24, 2.45) is 0 Å². The number of carboxylic acid groups (broad SMARTS) is 1. The molecule has 2 nitrogen and oxygen atoms in total. The fraction of sp³-hybridized carbons (Fsp3) is 0.286. The number of carbonyl (C=O) groups is 1. The summed E-state index contributed by atoms with van der Waals surface area (Å²) in [5, 5.41) is 10.4. The number of hydrogen-bond donors (Lipinski definition) is 1. The highest BCUT2D eigenvalue weighted by Crippen LogP contribution is 2.19. The molecule has 0 spiro atoms. The van der Waals surface area contributed by atoms with Crippen molar-refractivity contribution in [1.29, 1.82) is 0 Å². The van der Waals surface area contributed by atoms with Gasteiger partial charge in [0.1, 0.15) is 0 Å². The van der Waals surface area contributed by atoms with Crippen molar-refractivity contribution >= 4 is 39.9 Å². The number of rotatable bonds is 3. The van der Waals surface area contributed by atoms with Gasteiger partial charge in [-0.25, -0.2) is 0 Å². The van der Waals surface area contributed by atoms with Gasteiger partial charge in [-0.1, -0.05) is 0 Å². The average molecular weight is 282 g/mol. The van der Waals surface area contributed by atoms with E-state index in [1.807, 2.05) is 11.4 Å². The van der Waals surface area contributed by atoms with Gasteiger partial charge in [0.05, 0.1) is 6.42 Å². The van der Waals surface area contributed by atoms with E-state index in [9.17, 15) is 4.79 Å². The Morgan fingerprint density at radius 2 is 2.45 bits per heavy atom. The van der Waals surface area contributed by atoms with Crippen molar-refractivity contribution in [2.75, 3.05) is 0 Å². The lowest BCUT2D eigenvalue weighted by Gasteiger charge is -1.93. The Labute approximate surface area is 82.4 Å². The molecule has 0 atom stereocenters. The number of halogens is 1. The molecule has 1 aromatic rings. The average Bonchev–Trinajstić information content (AvgIpc) is 2.31. The van der Waals surface area contributed by atoms with E-state index in [1.165, 1.54) is 8.45 Å². The summed E-state index contributed by atoms with van der Waals surface area (Å²) >= 11 is 3.84. The largest absolute Gasteiger partial charge is 0.481 e. The van der Waals surface area contributed by atoms with Gasteiger partial charge < -0.3 is 5.11 Å². The molecule has 1 rings (SSSR count). The van der Waals surface area contributed by atoms with Crippen LogP contribution < -0.4 is 0 Å². The van der Waals surface area contributed by atoms with Gasteiger partial charge in [-0.15, -0.1) is 11.3 Å². The van der Waals surface area contributed by atoms with E-state index in [0.717, 1.165) is 0 Å². The first-order valence-corrected chi connectivity index (χ1v) is 5.09. The topological polar surface area (TPSA) is 37.3 Å². The van der Waals surface area contributed by atoms with Crippen LogP contribution in [-0.4, -0.2) is 11.1 Å². The first kappa shape index (κ1) is 8.99. The normalized spacial score (nSPS) is 9.91. The lowest BCUT2D eigenvalue weighted by molar-refractivity contribution is -0.136. The molecule has 0 unspecified atom stereocenters. The standard InChI is InChI=1S/C7H7IO2S/c8-5-3-4-11-6(5)1-2-7(9)10/h3-4H,1-2H2,(H,9,10). The first-order valence-electron chi connectivity index (χ1n) is 3.14. The Kier molecular flexibility index (Phi) is 3.32. The molecule has 1 aromatic heterocycles. The van der Waals surface area contributed by atoms with E-state index >= 15 is 0 Å². The van der Waals surface area contributed by atoms with Crippen LogP contribution in [0.2, 0.25) is 0 Å². The zero-order chi connectivity index (χ0) is 8.27. The van der Waals surface area contributed by atoms with Crippen LogP contribution in [0.3, 0.4) is 0 Å². The van der Waals surface area contributed by atoms with E-state index in [2.05, 4.69) is 22.6 Å². The summed E-state index contributed by atoms with van der Waals surface area (Å²) in [7, 11) is 0. The zero-order valence-electron chi connectivity index (χ0n) is 5.71. The molecule has 11 heavy (non-hydrogen) atoms. The molecule has 1 N–H and O–H groups in total. The molecular formula is C7H7IO2S. The van der Waals surface area contributed by atoms with E-state index in [1.54, 1.807) is 11.3 Å². The summed E-state index contributed by atoms with van der Waals surface area (Å²) < 4.78 is 1.17. The fourth-order valence-electron chi connectivity index (χ4n) is 0.724. The maximum absolute atomic E-state index is 10.2. The maximum Gasteiger partial charge on any atom is 0.303 e. The lowest BCUT2D eigenvalue weighted by atomic mass is 10.3. The molecule has 0 fully saturated rings. The second kappa shape index (κ2) is 4.06. The van der Waals surface area contributed by atoms with Crippen LogP contribution in [0.4, 0.5) is 0 Å². The Hall–Kier alpha value is -0.100. The molecule has 1 heterocycles. The second-order valence-electron chi connectivity index (χ2n) is 2.09. The molecule has 0 amide bonds. The van der Waals surface area contributed by atoms with Crippen molar-refractivity contribution in [1.82, 2.24) is 0 Å². The third kappa shape index (κ3) is 2.78. The summed E-state index contributed by atoms with van der Waals surface area (Å²) in [6, 6.07) is 2.00. The van der Waals surface area contributed by atoms with Gasteiger partial charge in [0.2, 0.25) is 0 Å². The van der Waals surface area contributed by atoms with Crippen LogP contribution in [0.25, 0.3) is 0 Å². The van der Waals surface area contributed by atoms with Gasteiger partial charge in [0, 0.05) is 8.45 Å². The maximum atomic E-state index is 10.2. The van der Waals surface area contributed by atoms with Crippen molar-refractivity contribution < 1.29 is 9.90 Å². The quantitative estimate of drug-likeness (QED) is 0.864. The third-order valence-corrected chi connectivity index (χ3v) is 3.61. The Morgan fingerprint density at radius 3 is 2.91 bits per heavy atom. The smallest absolute Gasteiger partial charge is 0.303 e. The minimum atomic E-state index is -0.728. The lowest BCUT2D eigenvalue weighted by Crippen LogP contribution is -1.96. The highest BCUT2D eigenvalue weighted by atomic mass is 127. The Bertz CT molecular complexity index is 257. The second-order valence-corrected chi connectivity index (χ2v) is 4.25. The SMILES string of the molecule is O=C(O)CCc1sccc1I. The number of thiophene rings is 1. The minimum absolute atomic E-state index is 0.233. The number of aryl methyl sites for hydroxylation is 1. The van der Waals surface area contributed by atoms with Gasteiger partial charge in [0.15, 0.2) is 0 Å². The zero-order valence-corrected chi connectivity index (χ0v) is 8.68. The predicted octanol–water partition coefficient (Wildman–Crippen LogP) is 2.37. The molecule has 0 radical (unpaired) electrons. The first-order chi connectivity index (χ1) is 5.20. The van der Waals surface area contributed by atoms with E-state index in [4.69, 9.17) is 5.11 Å². The highest BCUT2D eigenvalue weighted by molar-refractivity contribution is 14.1. The highest BCUT2D eigenvalue weighted by Gasteiger charge is 2.03. The fourth-order valence-corrected chi connectivity index (χ4v) is 2.57. The summed E-state index contributed by atoms with van der Waals surface area (Å²) in [4.78, 5) is 11.4. The molecule has 0 saturated carbocycles. The summed E-state index contributed by atoms with van der Waals surface area (Å²) in [5.74, 6) is -0.728. The van der Waals surface area contributed by atoms with Crippen molar-refractivity contribution in [3.05, 3.63) is 19.9 Å².